The largest absolute Gasteiger partial charge is 0.417 e. The lowest BCUT2D eigenvalue weighted by Crippen LogP contribution is -2.40. The third-order valence-electron chi connectivity index (χ3n) is 3.36. The van der Waals surface area contributed by atoms with Gasteiger partial charge in [0, 0.05) is 34.8 Å². The van der Waals surface area contributed by atoms with Gasteiger partial charge in [-0.05, 0) is 18.2 Å². The summed E-state index contributed by atoms with van der Waals surface area (Å²) in [4.78, 5) is 1.87. The van der Waals surface area contributed by atoms with Crippen LogP contribution in [0.3, 0.4) is 0 Å². The Morgan fingerprint density at radius 2 is 1.86 bits per heavy atom. The second kappa shape index (κ2) is 6.04. The van der Waals surface area contributed by atoms with Gasteiger partial charge in [-0.15, -0.1) is 0 Å². The summed E-state index contributed by atoms with van der Waals surface area (Å²) in [5.74, 6) is 0. The zero-order valence-electron chi connectivity index (χ0n) is 11.8. The molecule has 0 bridgehead atoms. The first-order chi connectivity index (χ1) is 9.68. The first kappa shape index (κ1) is 16.4. The lowest BCUT2D eigenvalue weighted by molar-refractivity contribution is -0.137. The SMILES string of the molecule is CC1CN(c2ccc(C(F)(F)F)c(C(N)=S)c2)CC(C)S1. The third-order valence-corrected chi connectivity index (χ3v) is 4.81. The van der Waals surface area contributed by atoms with Crippen LogP contribution in [0.1, 0.15) is 25.0 Å². The van der Waals surface area contributed by atoms with E-state index < -0.39 is 11.7 Å². The number of nitrogens with zero attached hydrogens (tertiary/aromatic N) is 1. The molecule has 0 amide bonds. The third kappa shape index (κ3) is 3.83. The lowest BCUT2D eigenvalue weighted by atomic mass is 10.1. The van der Waals surface area contributed by atoms with Crippen molar-refractivity contribution in [2.75, 3.05) is 18.0 Å². The minimum absolute atomic E-state index is 0.103. The molecule has 2 nitrogen and oxygen atoms in total. The number of anilines is 1. The van der Waals surface area contributed by atoms with Gasteiger partial charge in [-0.2, -0.15) is 24.9 Å². The van der Waals surface area contributed by atoms with E-state index in [2.05, 4.69) is 18.7 Å². The highest BCUT2D eigenvalue weighted by molar-refractivity contribution is 8.00. The lowest BCUT2D eigenvalue weighted by Gasteiger charge is -2.36. The van der Waals surface area contributed by atoms with Gasteiger partial charge in [0.1, 0.15) is 4.99 Å². The van der Waals surface area contributed by atoms with Crippen LogP contribution in [0.5, 0.6) is 0 Å². The fourth-order valence-corrected chi connectivity index (χ4v) is 4.06. The van der Waals surface area contributed by atoms with Gasteiger partial charge in [0.2, 0.25) is 0 Å². The van der Waals surface area contributed by atoms with Crippen LogP contribution in [0.2, 0.25) is 0 Å². The van der Waals surface area contributed by atoms with E-state index in [4.69, 9.17) is 18.0 Å². The van der Waals surface area contributed by atoms with E-state index in [9.17, 15) is 13.2 Å². The molecule has 2 atom stereocenters. The summed E-state index contributed by atoms with van der Waals surface area (Å²) < 4.78 is 38.9. The zero-order chi connectivity index (χ0) is 15.8. The van der Waals surface area contributed by atoms with E-state index in [0.29, 0.717) is 10.5 Å². The van der Waals surface area contributed by atoms with Crippen molar-refractivity contribution in [3.05, 3.63) is 29.3 Å². The summed E-state index contributed by atoms with van der Waals surface area (Å²) >= 11 is 6.67. The van der Waals surface area contributed by atoms with Gasteiger partial charge in [-0.25, -0.2) is 0 Å². The number of benzene rings is 1. The zero-order valence-corrected chi connectivity index (χ0v) is 13.4. The molecule has 1 aliphatic rings. The quantitative estimate of drug-likeness (QED) is 0.836. The van der Waals surface area contributed by atoms with Crippen molar-refractivity contribution in [2.24, 2.45) is 5.73 Å². The monoisotopic (exact) mass is 334 g/mol. The van der Waals surface area contributed by atoms with Crippen molar-refractivity contribution < 1.29 is 13.2 Å². The van der Waals surface area contributed by atoms with Crippen molar-refractivity contribution in [1.29, 1.82) is 0 Å². The molecular weight excluding hydrogens is 317 g/mol. The molecule has 1 aromatic carbocycles. The first-order valence-corrected chi connectivity index (χ1v) is 7.95. The molecule has 0 spiro atoms. The van der Waals surface area contributed by atoms with E-state index in [0.717, 1.165) is 24.8 Å². The predicted molar refractivity (Wildman–Crippen MR) is 86.1 cm³/mol. The fourth-order valence-electron chi connectivity index (χ4n) is 2.57. The summed E-state index contributed by atoms with van der Waals surface area (Å²) in [5, 5.41) is 0.869. The number of hydrogen-bond donors (Lipinski definition) is 1. The summed E-state index contributed by atoms with van der Waals surface area (Å²) in [5.41, 5.74) is 5.34. The second-order valence-corrected chi connectivity index (χ2v) is 7.58. The highest BCUT2D eigenvalue weighted by Crippen LogP contribution is 2.35. The average molecular weight is 334 g/mol. The molecule has 7 heteroatoms. The van der Waals surface area contributed by atoms with Crippen LogP contribution in [-0.4, -0.2) is 28.6 Å². The standard InChI is InChI=1S/C14H17F3N2S2/c1-8-6-19(7-9(2)21-8)10-3-4-12(14(15,16)17)11(5-10)13(18)20/h3-5,8-9H,6-7H2,1-2H3,(H2,18,20). The van der Waals surface area contributed by atoms with Gasteiger partial charge in [0.25, 0.3) is 0 Å². The maximum Gasteiger partial charge on any atom is 0.417 e. The van der Waals surface area contributed by atoms with Gasteiger partial charge < -0.3 is 10.6 Å². The van der Waals surface area contributed by atoms with Gasteiger partial charge in [0.05, 0.1) is 5.56 Å². The first-order valence-electron chi connectivity index (χ1n) is 6.60. The Kier molecular flexibility index (Phi) is 4.72. The number of thiocarbonyl (C=S) groups is 1. The molecular formula is C14H17F3N2S2. The Hall–Kier alpha value is -0.950. The molecule has 1 aliphatic heterocycles. The molecule has 1 saturated heterocycles. The molecule has 2 unspecified atom stereocenters. The van der Waals surface area contributed by atoms with Crippen molar-refractivity contribution in [3.63, 3.8) is 0 Å². The van der Waals surface area contributed by atoms with E-state index in [1.165, 1.54) is 12.1 Å². The molecule has 1 aromatic rings. The normalized spacial score (nSPS) is 23.2. The molecule has 1 fully saturated rings. The molecule has 0 aromatic heterocycles. The van der Waals surface area contributed by atoms with Crippen LogP contribution >= 0.6 is 24.0 Å². The number of rotatable bonds is 2. The molecule has 116 valence electrons. The summed E-state index contributed by atoms with van der Waals surface area (Å²) in [6.45, 7) is 5.84. The summed E-state index contributed by atoms with van der Waals surface area (Å²) in [7, 11) is 0. The highest BCUT2D eigenvalue weighted by atomic mass is 32.2. The van der Waals surface area contributed by atoms with Crippen LogP contribution in [0.15, 0.2) is 18.2 Å². The van der Waals surface area contributed by atoms with E-state index >= 15 is 0 Å². The van der Waals surface area contributed by atoms with Crippen molar-refractivity contribution in [3.8, 4) is 0 Å². The molecule has 0 aliphatic carbocycles. The summed E-state index contributed by atoms with van der Waals surface area (Å²) in [6.07, 6.45) is -4.45. The van der Waals surface area contributed by atoms with Gasteiger partial charge >= 0.3 is 6.18 Å². The smallest absolute Gasteiger partial charge is 0.389 e. The van der Waals surface area contributed by atoms with Gasteiger partial charge in [-0.1, -0.05) is 26.1 Å². The van der Waals surface area contributed by atoms with Crippen LogP contribution in [0.4, 0.5) is 18.9 Å². The minimum Gasteiger partial charge on any atom is -0.389 e. The number of halogens is 3. The maximum absolute atomic E-state index is 13.0. The van der Waals surface area contributed by atoms with E-state index in [1.54, 1.807) is 0 Å². The Morgan fingerprint density at radius 3 is 2.33 bits per heavy atom. The molecule has 2 rings (SSSR count). The van der Waals surface area contributed by atoms with Crippen molar-refractivity contribution >= 4 is 34.7 Å². The van der Waals surface area contributed by atoms with Gasteiger partial charge in [-0.3, -0.25) is 0 Å². The molecule has 2 N–H and O–H groups in total. The number of nitrogens with two attached hydrogens (primary N) is 1. The van der Waals surface area contributed by atoms with Crippen molar-refractivity contribution in [1.82, 2.24) is 0 Å². The molecule has 0 saturated carbocycles. The van der Waals surface area contributed by atoms with E-state index in [-0.39, 0.29) is 10.6 Å². The Balaban J connectivity index is 2.38. The van der Waals surface area contributed by atoms with E-state index in [1.807, 2.05) is 11.8 Å². The van der Waals surface area contributed by atoms with Crippen molar-refractivity contribution in [2.45, 2.75) is 30.5 Å². The number of alkyl halides is 3. The van der Waals surface area contributed by atoms with Gasteiger partial charge in [0.15, 0.2) is 0 Å². The fraction of sp³-hybridized carbons (Fsp3) is 0.500. The number of hydrogen-bond acceptors (Lipinski definition) is 3. The number of thioether (sulfide) groups is 1. The van der Waals surface area contributed by atoms with Crippen LogP contribution in [0.25, 0.3) is 0 Å². The average Bonchev–Trinajstić information content (AvgIpc) is 2.35. The second-order valence-electron chi connectivity index (χ2n) is 5.25. The summed E-state index contributed by atoms with van der Waals surface area (Å²) in [6, 6.07) is 4.03. The molecule has 0 radical (unpaired) electrons. The Morgan fingerprint density at radius 1 is 1.29 bits per heavy atom. The predicted octanol–water partition coefficient (Wildman–Crippen LogP) is 3.67. The molecule has 21 heavy (non-hydrogen) atoms. The Labute approximate surface area is 131 Å². The Bertz CT molecular complexity index is 536. The van der Waals surface area contributed by atoms with Crippen LogP contribution < -0.4 is 10.6 Å². The topological polar surface area (TPSA) is 29.3 Å². The van der Waals surface area contributed by atoms with Crippen LogP contribution in [0, 0.1) is 0 Å². The van der Waals surface area contributed by atoms with Crippen LogP contribution in [-0.2, 0) is 6.18 Å². The maximum atomic E-state index is 13.0. The highest BCUT2D eigenvalue weighted by Gasteiger charge is 2.34. The molecule has 1 heterocycles. The minimum atomic E-state index is -4.45.